The summed E-state index contributed by atoms with van der Waals surface area (Å²) >= 11 is 0. The second-order valence-corrected chi connectivity index (χ2v) is 6.96. The van der Waals surface area contributed by atoms with Crippen molar-refractivity contribution in [3.05, 3.63) is 71.4 Å². The smallest absolute Gasteiger partial charge is 0.231 e. The summed E-state index contributed by atoms with van der Waals surface area (Å²) in [6, 6.07) is 17.9. The van der Waals surface area contributed by atoms with Crippen LogP contribution in [0, 0.1) is 6.92 Å². The first-order valence-electron chi connectivity index (χ1n) is 9.35. The highest BCUT2D eigenvalue weighted by Gasteiger charge is 2.12. The van der Waals surface area contributed by atoms with Crippen LogP contribution in [-0.4, -0.2) is 17.0 Å². The van der Waals surface area contributed by atoms with Gasteiger partial charge in [-0.25, -0.2) is 0 Å². The Bertz CT molecular complexity index is 1240. The maximum Gasteiger partial charge on any atom is 0.231 e. The van der Waals surface area contributed by atoms with E-state index in [9.17, 15) is 0 Å². The first-order valence-corrected chi connectivity index (χ1v) is 9.35. The summed E-state index contributed by atoms with van der Waals surface area (Å²) in [6.45, 7) is 2.28. The van der Waals surface area contributed by atoms with Gasteiger partial charge in [0, 0.05) is 22.4 Å². The number of fused-ring (bicyclic) bond motifs is 2. The molecule has 0 atom stereocenters. The molecule has 0 aliphatic carbocycles. The highest BCUT2D eigenvalue weighted by atomic mass is 16.7. The van der Waals surface area contributed by atoms with Gasteiger partial charge >= 0.3 is 0 Å². The molecule has 1 aromatic heterocycles. The number of nitrogens with zero attached hydrogens (tertiary/aromatic N) is 1. The van der Waals surface area contributed by atoms with Crippen LogP contribution >= 0.6 is 0 Å². The SMILES string of the molecule is Cc1c(N)cccc1Nc1ccc2c(C=Cc3ccc4c(c3)OCO4)n[nH]c2c1. The van der Waals surface area contributed by atoms with E-state index < -0.39 is 0 Å². The van der Waals surface area contributed by atoms with E-state index in [1.165, 1.54) is 0 Å². The quantitative estimate of drug-likeness (QED) is 0.427. The average Bonchev–Trinajstić information content (AvgIpc) is 3.36. The first kappa shape index (κ1) is 17.2. The number of nitrogens with one attached hydrogen (secondary N) is 2. The van der Waals surface area contributed by atoms with Crippen LogP contribution in [0.2, 0.25) is 0 Å². The molecule has 4 aromatic rings. The van der Waals surface area contributed by atoms with Crippen molar-refractivity contribution >= 4 is 40.1 Å². The third-order valence-corrected chi connectivity index (χ3v) is 5.08. The Morgan fingerprint density at radius 2 is 1.93 bits per heavy atom. The van der Waals surface area contributed by atoms with Crippen molar-refractivity contribution < 1.29 is 9.47 Å². The molecular formula is C23H20N4O2. The van der Waals surface area contributed by atoms with Crippen molar-refractivity contribution in [2.24, 2.45) is 0 Å². The molecule has 0 radical (unpaired) electrons. The number of hydrogen-bond acceptors (Lipinski definition) is 5. The maximum atomic E-state index is 6.00. The van der Waals surface area contributed by atoms with E-state index in [1.54, 1.807) is 0 Å². The molecule has 1 aliphatic heterocycles. The van der Waals surface area contributed by atoms with Crippen molar-refractivity contribution in [3.63, 3.8) is 0 Å². The summed E-state index contributed by atoms with van der Waals surface area (Å²) in [6.07, 6.45) is 4.01. The Kier molecular flexibility index (Phi) is 4.09. The monoisotopic (exact) mass is 384 g/mol. The van der Waals surface area contributed by atoms with E-state index in [0.29, 0.717) is 0 Å². The van der Waals surface area contributed by atoms with Gasteiger partial charge in [-0.1, -0.05) is 18.2 Å². The third kappa shape index (κ3) is 3.25. The number of hydrogen-bond donors (Lipinski definition) is 3. The van der Waals surface area contributed by atoms with E-state index in [0.717, 1.165) is 56.3 Å². The third-order valence-electron chi connectivity index (χ3n) is 5.08. The number of benzene rings is 3. The van der Waals surface area contributed by atoms with Crippen LogP contribution in [0.4, 0.5) is 17.1 Å². The summed E-state index contributed by atoms with van der Waals surface area (Å²) in [5.74, 6) is 1.55. The van der Waals surface area contributed by atoms with Crippen LogP contribution < -0.4 is 20.5 Å². The summed E-state index contributed by atoms with van der Waals surface area (Å²) in [5, 5.41) is 12.0. The topological polar surface area (TPSA) is 85.2 Å². The number of rotatable bonds is 4. The molecule has 5 rings (SSSR count). The van der Waals surface area contributed by atoms with Gasteiger partial charge in [-0.05, 0) is 66.6 Å². The van der Waals surface area contributed by atoms with Crippen molar-refractivity contribution in [3.8, 4) is 11.5 Å². The fourth-order valence-corrected chi connectivity index (χ4v) is 3.38. The van der Waals surface area contributed by atoms with Gasteiger partial charge in [-0.3, -0.25) is 5.10 Å². The van der Waals surface area contributed by atoms with Gasteiger partial charge in [0.2, 0.25) is 6.79 Å². The molecule has 1 aliphatic rings. The van der Waals surface area contributed by atoms with E-state index >= 15 is 0 Å². The molecule has 144 valence electrons. The molecule has 0 unspecified atom stereocenters. The lowest BCUT2D eigenvalue weighted by Gasteiger charge is -2.11. The highest BCUT2D eigenvalue weighted by Crippen LogP contribution is 2.33. The summed E-state index contributed by atoms with van der Waals surface area (Å²) in [5.41, 5.74) is 12.6. The van der Waals surface area contributed by atoms with E-state index in [1.807, 2.05) is 67.6 Å². The standard InChI is InChI=1S/C23H20N4O2/c1-14-18(24)3-2-4-19(14)25-16-7-8-17-20(26-27-21(17)12-16)9-5-15-6-10-22-23(11-15)29-13-28-22/h2-12,25H,13,24H2,1H3,(H,26,27). The van der Waals surface area contributed by atoms with Crippen LogP contribution in [0.3, 0.4) is 0 Å². The lowest BCUT2D eigenvalue weighted by atomic mass is 10.1. The van der Waals surface area contributed by atoms with E-state index in [4.69, 9.17) is 15.2 Å². The Morgan fingerprint density at radius 1 is 1.03 bits per heavy atom. The minimum atomic E-state index is 0.276. The molecule has 0 amide bonds. The summed E-state index contributed by atoms with van der Waals surface area (Å²) < 4.78 is 10.8. The number of anilines is 3. The fourth-order valence-electron chi connectivity index (χ4n) is 3.38. The molecule has 29 heavy (non-hydrogen) atoms. The van der Waals surface area contributed by atoms with Gasteiger partial charge < -0.3 is 20.5 Å². The molecule has 0 bridgehead atoms. The molecule has 0 fully saturated rings. The molecule has 0 spiro atoms. The molecule has 0 saturated heterocycles. The number of nitrogens with two attached hydrogens (primary N) is 1. The molecule has 6 nitrogen and oxygen atoms in total. The number of nitrogen functional groups attached to an aromatic ring is 1. The predicted octanol–water partition coefficient (Wildman–Crippen LogP) is 5.10. The Balaban J connectivity index is 1.40. The van der Waals surface area contributed by atoms with Crippen molar-refractivity contribution in [2.75, 3.05) is 17.8 Å². The molecule has 0 saturated carbocycles. The summed E-state index contributed by atoms with van der Waals surface area (Å²) in [7, 11) is 0. The minimum absolute atomic E-state index is 0.276. The minimum Gasteiger partial charge on any atom is -0.454 e. The number of aromatic nitrogens is 2. The van der Waals surface area contributed by atoms with E-state index in [-0.39, 0.29) is 6.79 Å². The van der Waals surface area contributed by atoms with Crippen LogP contribution in [0.15, 0.2) is 54.6 Å². The maximum absolute atomic E-state index is 6.00. The van der Waals surface area contributed by atoms with Gasteiger partial charge in [0.25, 0.3) is 0 Å². The van der Waals surface area contributed by atoms with Gasteiger partial charge in [0.15, 0.2) is 11.5 Å². The number of aromatic amines is 1. The second kappa shape index (κ2) is 6.91. The average molecular weight is 384 g/mol. The number of ether oxygens (including phenoxy) is 2. The molecule has 2 heterocycles. The normalized spacial score (nSPS) is 12.7. The molecule has 3 aromatic carbocycles. The van der Waals surface area contributed by atoms with Crippen LogP contribution in [0.1, 0.15) is 16.8 Å². The van der Waals surface area contributed by atoms with Crippen molar-refractivity contribution in [1.29, 1.82) is 0 Å². The van der Waals surface area contributed by atoms with Gasteiger partial charge in [-0.2, -0.15) is 5.10 Å². The van der Waals surface area contributed by atoms with Crippen molar-refractivity contribution in [1.82, 2.24) is 10.2 Å². The van der Waals surface area contributed by atoms with Crippen LogP contribution in [-0.2, 0) is 0 Å². The van der Waals surface area contributed by atoms with Crippen LogP contribution in [0.5, 0.6) is 11.5 Å². The largest absolute Gasteiger partial charge is 0.454 e. The molecule has 4 N–H and O–H groups in total. The first-order chi connectivity index (χ1) is 14.2. The van der Waals surface area contributed by atoms with Gasteiger partial charge in [0.05, 0.1) is 11.2 Å². The molecular weight excluding hydrogens is 364 g/mol. The molecule has 6 heteroatoms. The van der Waals surface area contributed by atoms with E-state index in [2.05, 4.69) is 21.6 Å². The lowest BCUT2D eigenvalue weighted by Crippen LogP contribution is -1.96. The zero-order chi connectivity index (χ0) is 19.8. The van der Waals surface area contributed by atoms with Crippen LogP contribution in [0.25, 0.3) is 23.1 Å². The Morgan fingerprint density at radius 3 is 2.86 bits per heavy atom. The van der Waals surface area contributed by atoms with Gasteiger partial charge in [0.1, 0.15) is 0 Å². The number of H-pyrrole nitrogens is 1. The highest BCUT2D eigenvalue weighted by molar-refractivity contribution is 5.92. The Labute approximate surface area is 168 Å². The second-order valence-electron chi connectivity index (χ2n) is 6.96. The zero-order valence-electron chi connectivity index (χ0n) is 15.9. The lowest BCUT2D eigenvalue weighted by molar-refractivity contribution is 0.174. The summed E-state index contributed by atoms with van der Waals surface area (Å²) in [4.78, 5) is 0. The van der Waals surface area contributed by atoms with Gasteiger partial charge in [-0.15, -0.1) is 0 Å². The predicted molar refractivity (Wildman–Crippen MR) is 116 cm³/mol. The van der Waals surface area contributed by atoms with Crippen molar-refractivity contribution in [2.45, 2.75) is 6.92 Å². The zero-order valence-corrected chi connectivity index (χ0v) is 15.9. The fraction of sp³-hybridized carbons (Fsp3) is 0.0870. The Hall–Kier alpha value is -3.93.